The summed E-state index contributed by atoms with van der Waals surface area (Å²) in [6, 6.07) is 8.55. The fourth-order valence-corrected chi connectivity index (χ4v) is 4.29. The molecule has 2 amide bonds. The number of fused-ring (bicyclic) bond motifs is 6. The fraction of sp³-hybridized carbons (Fsp3) is 0.500. The minimum atomic E-state index is -0.573. The number of carbonyl (C=O) groups is 2. The van der Waals surface area contributed by atoms with E-state index in [0.717, 1.165) is 24.8 Å². The maximum absolute atomic E-state index is 12.8. The number of hydrogen-bond donors (Lipinski definition) is 2. The number of carbonyl (C=O) groups excluding carboxylic acids is 2. The van der Waals surface area contributed by atoms with E-state index in [1.54, 1.807) is 20.8 Å². The number of rotatable bonds is 2. The number of ether oxygens (including phenoxy) is 1. The second-order valence-electron chi connectivity index (χ2n) is 8.17. The number of para-hydroxylation sites is 1. The second kappa shape index (κ2) is 6.04. The van der Waals surface area contributed by atoms with Gasteiger partial charge in [-0.1, -0.05) is 18.2 Å². The molecule has 2 aliphatic heterocycles. The zero-order valence-electron chi connectivity index (χ0n) is 15.5. The van der Waals surface area contributed by atoms with E-state index in [1.807, 2.05) is 17.0 Å². The zero-order chi connectivity index (χ0) is 18.5. The fourth-order valence-electron chi connectivity index (χ4n) is 4.29. The summed E-state index contributed by atoms with van der Waals surface area (Å²) in [5.41, 5.74) is 3.06. The molecule has 3 heterocycles. The Morgan fingerprint density at radius 3 is 2.81 bits per heavy atom. The highest BCUT2D eigenvalue weighted by Crippen LogP contribution is 2.46. The van der Waals surface area contributed by atoms with Gasteiger partial charge >= 0.3 is 6.09 Å². The standard InChI is InChI=1S/C20H25N3O3/c1-20(2,3)26-19(25)21-11-17(24)23-12-8-9-16(23)18-13-6-4-5-7-14(13)22-15(18)10-12/h4-7,12,16,22H,8-11H2,1-3H3,(H,21,25). The van der Waals surface area contributed by atoms with E-state index in [2.05, 4.69) is 22.4 Å². The third kappa shape index (κ3) is 2.93. The number of nitrogens with one attached hydrogen (secondary N) is 2. The van der Waals surface area contributed by atoms with Crippen molar-refractivity contribution in [2.75, 3.05) is 6.54 Å². The van der Waals surface area contributed by atoms with Crippen LogP contribution in [0.4, 0.5) is 4.79 Å². The summed E-state index contributed by atoms with van der Waals surface area (Å²) in [6.45, 7) is 5.38. The van der Waals surface area contributed by atoms with Gasteiger partial charge in [0.25, 0.3) is 0 Å². The Kier molecular flexibility index (Phi) is 3.93. The maximum atomic E-state index is 12.8. The molecule has 2 unspecified atom stereocenters. The lowest BCUT2D eigenvalue weighted by atomic mass is 9.97. The van der Waals surface area contributed by atoms with E-state index in [0.29, 0.717) is 0 Å². The molecule has 138 valence electrons. The van der Waals surface area contributed by atoms with E-state index in [9.17, 15) is 9.59 Å². The van der Waals surface area contributed by atoms with Gasteiger partial charge in [0.1, 0.15) is 12.1 Å². The quantitative estimate of drug-likeness (QED) is 0.868. The first-order valence-electron chi connectivity index (χ1n) is 9.21. The van der Waals surface area contributed by atoms with Crippen LogP contribution in [-0.4, -0.2) is 40.1 Å². The molecule has 6 heteroatoms. The minimum Gasteiger partial charge on any atom is -0.444 e. The molecule has 1 fully saturated rings. The number of alkyl carbamates (subject to hydrolysis) is 1. The van der Waals surface area contributed by atoms with Gasteiger partial charge in [-0.25, -0.2) is 4.79 Å². The van der Waals surface area contributed by atoms with Crippen LogP contribution in [0.15, 0.2) is 24.3 Å². The molecule has 4 rings (SSSR count). The first kappa shape index (κ1) is 16.9. The number of H-pyrrole nitrogens is 1. The van der Waals surface area contributed by atoms with Crippen molar-refractivity contribution in [1.82, 2.24) is 15.2 Å². The summed E-state index contributed by atoms with van der Waals surface area (Å²) in [5, 5.41) is 3.80. The van der Waals surface area contributed by atoms with Crippen LogP contribution in [0, 0.1) is 0 Å². The molecule has 6 nitrogen and oxygen atoms in total. The SMILES string of the molecule is CC(C)(C)OC(=O)NCC(=O)N1C2CCC1c1c([nH]c3ccccc13)C2. The van der Waals surface area contributed by atoms with E-state index < -0.39 is 11.7 Å². The highest BCUT2D eigenvalue weighted by atomic mass is 16.6. The molecule has 1 saturated heterocycles. The van der Waals surface area contributed by atoms with Gasteiger partial charge in [0, 0.05) is 34.6 Å². The molecule has 2 aliphatic rings. The predicted octanol–water partition coefficient (Wildman–Crippen LogP) is 3.28. The van der Waals surface area contributed by atoms with Crippen LogP contribution in [0.1, 0.15) is 50.9 Å². The van der Waals surface area contributed by atoms with Gasteiger partial charge in [0.15, 0.2) is 0 Å². The molecule has 0 saturated carbocycles. The van der Waals surface area contributed by atoms with Crippen LogP contribution in [0.5, 0.6) is 0 Å². The van der Waals surface area contributed by atoms with Crippen LogP contribution in [0.2, 0.25) is 0 Å². The van der Waals surface area contributed by atoms with Crippen LogP contribution < -0.4 is 5.32 Å². The van der Waals surface area contributed by atoms with Crippen LogP contribution in [0.3, 0.4) is 0 Å². The van der Waals surface area contributed by atoms with Crippen molar-refractivity contribution in [3.05, 3.63) is 35.5 Å². The van der Waals surface area contributed by atoms with Gasteiger partial charge in [0.05, 0.1) is 6.04 Å². The third-order valence-corrected chi connectivity index (χ3v) is 5.17. The molecule has 2 atom stereocenters. The van der Waals surface area contributed by atoms with Crippen LogP contribution >= 0.6 is 0 Å². The molecule has 2 aromatic rings. The van der Waals surface area contributed by atoms with Crippen molar-refractivity contribution in [2.45, 2.75) is 57.7 Å². The maximum Gasteiger partial charge on any atom is 0.408 e. The molecule has 2 bridgehead atoms. The molecular weight excluding hydrogens is 330 g/mol. The summed E-state index contributed by atoms with van der Waals surface area (Å²) in [5.74, 6) is -0.0423. The topological polar surface area (TPSA) is 74.4 Å². The van der Waals surface area contributed by atoms with E-state index in [4.69, 9.17) is 4.74 Å². The zero-order valence-corrected chi connectivity index (χ0v) is 15.5. The average molecular weight is 355 g/mol. The smallest absolute Gasteiger partial charge is 0.408 e. The summed E-state index contributed by atoms with van der Waals surface area (Å²) < 4.78 is 5.22. The Bertz CT molecular complexity index is 865. The van der Waals surface area contributed by atoms with Crippen LogP contribution in [0.25, 0.3) is 10.9 Å². The number of hydrogen-bond acceptors (Lipinski definition) is 3. The number of aromatic nitrogens is 1. The molecule has 2 N–H and O–H groups in total. The summed E-state index contributed by atoms with van der Waals surface area (Å²) in [7, 11) is 0. The van der Waals surface area contributed by atoms with Crippen molar-refractivity contribution < 1.29 is 14.3 Å². The van der Waals surface area contributed by atoms with Crippen molar-refractivity contribution in [2.24, 2.45) is 0 Å². The number of benzene rings is 1. The number of nitrogens with zero attached hydrogens (tertiary/aromatic N) is 1. The molecule has 1 aromatic heterocycles. The Hall–Kier alpha value is -2.50. The molecule has 0 spiro atoms. The summed E-state index contributed by atoms with van der Waals surface area (Å²) >= 11 is 0. The second-order valence-corrected chi connectivity index (χ2v) is 8.17. The number of aromatic amines is 1. The molecule has 0 radical (unpaired) electrons. The lowest BCUT2D eigenvalue weighted by molar-refractivity contribution is -0.133. The average Bonchev–Trinajstić information content (AvgIpc) is 3.08. The highest BCUT2D eigenvalue weighted by Gasteiger charge is 2.44. The molecular formula is C20H25N3O3. The van der Waals surface area contributed by atoms with E-state index in [-0.39, 0.29) is 24.5 Å². The minimum absolute atomic E-state index is 0.0282. The van der Waals surface area contributed by atoms with E-state index in [1.165, 1.54) is 16.6 Å². The first-order valence-corrected chi connectivity index (χ1v) is 9.21. The lowest BCUT2D eigenvalue weighted by Crippen LogP contribution is -2.47. The van der Waals surface area contributed by atoms with Gasteiger partial charge in [0.2, 0.25) is 5.91 Å². The Balaban J connectivity index is 1.52. The lowest BCUT2D eigenvalue weighted by Gasteiger charge is -2.35. The van der Waals surface area contributed by atoms with Gasteiger partial charge in [-0.3, -0.25) is 4.79 Å². The van der Waals surface area contributed by atoms with Crippen LogP contribution in [-0.2, 0) is 16.0 Å². The van der Waals surface area contributed by atoms with Crippen molar-refractivity contribution in [3.8, 4) is 0 Å². The largest absolute Gasteiger partial charge is 0.444 e. The van der Waals surface area contributed by atoms with Gasteiger partial charge < -0.3 is 19.9 Å². The molecule has 0 aliphatic carbocycles. The van der Waals surface area contributed by atoms with Crippen molar-refractivity contribution >= 4 is 22.9 Å². The van der Waals surface area contributed by atoms with Gasteiger partial charge in [-0.2, -0.15) is 0 Å². The Labute approximate surface area is 152 Å². The predicted molar refractivity (Wildman–Crippen MR) is 98.8 cm³/mol. The number of amides is 2. The molecule has 1 aromatic carbocycles. The third-order valence-electron chi connectivity index (χ3n) is 5.17. The summed E-state index contributed by atoms with van der Waals surface area (Å²) in [4.78, 5) is 30.2. The van der Waals surface area contributed by atoms with E-state index >= 15 is 0 Å². The van der Waals surface area contributed by atoms with Crippen molar-refractivity contribution in [1.29, 1.82) is 0 Å². The highest BCUT2D eigenvalue weighted by molar-refractivity contribution is 5.88. The summed E-state index contributed by atoms with van der Waals surface area (Å²) in [6.07, 6.45) is 2.26. The van der Waals surface area contributed by atoms with Gasteiger partial charge in [-0.05, 0) is 39.7 Å². The Morgan fingerprint density at radius 2 is 2.04 bits per heavy atom. The Morgan fingerprint density at radius 1 is 1.27 bits per heavy atom. The van der Waals surface area contributed by atoms with Gasteiger partial charge in [-0.15, -0.1) is 0 Å². The van der Waals surface area contributed by atoms with Crippen molar-refractivity contribution in [3.63, 3.8) is 0 Å². The monoisotopic (exact) mass is 355 g/mol. The normalized spacial score (nSPS) is 21.6. The first-order chi connectivity index (χ1) is 12.3. The molecule has 26 heavy (non-hydrogen) atoms.